The van der Waals surface area contributed by atoms with Crippen LogP contribution in [-0.2, 0) is 27.8 Å². The first kappa shape index (κ1) is 25.4. The molecule has 0 bridgehead atoms. The predicted molar refractivity (Wildman–Crippen MR) is 143 cm³/mol. The minimum Gasteiger partial charge on any atom is -0.355 e. The SMILES string of the molecule is Cc1ccc(C)c(/C=C/c2onc(C)c2S(=O)(=O)N2CCC[C@H](C(=O)N3CCc4ccccc4C3)C2)c1. The van der Waals surface area contributed by atoms with Crippen LogP contribution >= 0.6 is 0 Å². The molecule has 1 fully saturated rings. The Labute approximate surface area is 218 Å². The number of hydrogen-bond acceptors (Lipinski definition) is 5. The standard InChI is InChI=1S/C29H33N3O4S/c1-20-10-11-21(2)24(17-20)12-13-27-28(22(3)30-36-27)37(34,35)32-15-6-9-26(19-32)29(33)31-16-14-23-7-4-5-8-25(23)18-31/h4-5,7-8,10-13,17,26H,6,9,14-16,18-19H2,1-3H3/b13-12+/t26-/m0/s1. The van der Waals surface area contributed by atoms with E-state index in [0.717, 1.165) is 23.1 Å². The highest BCUT2D eigenvalue weighted by Gasteiger charge is 2.38. The third-order valence-corrected chi connectivity index (χ3v) is 9.48. The Hall–Kier alpha value is -3.23. The van der Waals surface area contributed by atoms with Crippen molar-refractivity contribution in [1.82, 2.24) is 14.4 Å². The van der Waals surface area contributed by atoms with Crippen molar-refractivity contribution in [1.29, 1.82) is 0 Å². The zero-order valence-electron chi connectivity index (χ0n) is 21.6. The van der Waals surface area contributed by atoms with Crippen LogP contribution in [-0.4, -0.2) is 48.3 Å². The number of sulfonamides is 1. The molecular formula is C29H33N3O4S. The summed E-state index contributed by atoms with van der Waals surface area (Å²) in [7, 11) is -3.89. The van der Waals surface area contributed by atoms with Gasteiger partial charge >= 0.3 is 0 Å². The molecule has 1 aromatic heterocycles. The fraction of sp³-hybridized carbons (Fsp3) is 0.379. The second-order valence-electron chi connectivity index (χ2n) is 10.1. The van der Waals surface area contributed by atoms with Crippen molar-refractivity contribution in [3.05, 3.63) is 81.7 Å². The molecule has 7 nitrogen and oxygen atoms in total. The lowest BCUT2D eigenvalue weighted by atomic mass is 9.95. The van der Waals surface area contributed by atoms with E-state index in [1.807, 2.05) is 55.2 Å². The molecule has 1 amide bonds. The maximum Gasteiger partial charge on any atom is 0.248 e. The van der Waals surface area contributed by atoms with E-state index in [-0.39, 0.29) is 29.0 Å². The first-order valence-electron chi connectivity index (χ1n) is 12.8. The van der Waals surface area contributed by atoms with Gasteiger partial charge in [-0.15, -0.1) is 0 Å². The van der Waals surface area contributed by atoms with E-state index in [0.29, 0.717) is 38.2 Å². The number of benzene rings is 2. The Morgan fingerprint density at radius 1 is 1.05 bits per heavy atom. The van der Waals surface area contributed by atoms with Crippen LogP contribution in [0.4, 0.5) is 0 Å². The highest BCUT2D eigenvalue weighted by atomic mass is 32.2. The average Bonchev–Trinajstić information content (AvgIpc) is 3.29. The van der Waals surface area contributed by atoms with Gasteiger partial charge in [0.1, 0.15) is 5.69 Å². The van der Waals surface area contributed by atoms with Crippen molar-refractivity contribution in [2.75, 3.05) is 19.6 Å². The highest BCUT2D eigenvalue weighted by Crippen LogP contribution is 2.31. The summed E-state index contributed by atoms with van der Waals surface area (Å²) < 4.78 is 34.5. The molecule has 0 radical (unpaired) electrons. The third kappa shape index (κ3) is 5.13. The predicted octanol–water partition coefficient (Wildman–Crippen LogP) is 4.76. The van der Waals surface area contributed by atoms with Crippen LogP contribution in [0.2, 0.25) is 0 Å². The maximum atomic E-state index is 13.8. The molecule has 194 valence electrons. The smallest absolute Gasteiger partial charge is 0.248 e. The number of hydrogen-bond donors (Lipinski definition) is 0. The second kappa shape index (κ2) is 10.3. The molecular weight excluding hydrogens is 486 g/mol. The van der Waals surface area contributed by atoms with Gasteiger partial charge in [-0.2, -0.15) is 4.31 Å². The van der Waals surface area contributed by atoms with Crippen molar-refractivity contribution in [2.24, 2.45) is 5.92 Å². The lowest BCUT2D eigenvalue weighted by Crippen LogP contribution is -2.47. The first-order chi connectivity index (χ1) is 17.7. The summed E-state index contributed by atoms with van der Waals surface area (Å²) in [6.45, 7) is 7.46. The van der Waals surface area contributed by atoms with Crippen LogP contribution in [0, 0.1) is 26.7 Å². The van der Waals surface area contributed by atoms with Crippen LogP contribution in [0.25, 0.3) is 12.2 Å². The Morgan fingerprint density at radius 2 is 1.84 bits per heavy atom. The maximum absolute atomic E-state index is 13.8. The number of aromatic nitrogens is 1. The van der Waals surface area contributed by atoms with Gasteiger partial charge in [-0.25, -0.2) is 8.42 Å². The van der Waals surface area contributed by atoms with Crippen molar-refractivity contribution in [3.8, 4) is 0 Å². The van der Waals surface area contributed by atoms with Crippen LogP contribution < -0.4 is 0 Å². The summed E-state index contributed by atoms with van der Waals surface area (Å²) in [4.78, 5) is 15.4. The molecule has 0 N–H and O–H groups in total. The molecule has 37 heavy (non-hydrogen) atoms. The summed E-state index contributed by atoms with van der Waals surface area (Å²) in [5.74, 6) is -0.117. The molecule has 0 saturated carbocycles. The van der Waals surface area contributed by atoms with Crippen molar-refractivity contribution < 1.29 is 17.7 Å². The van der Waals surface area contributed by atoms with Gasteiger partial charge < -0.3 is 9.42 Å². The average molecular weight is 520 g/mol. The van der Waals surface area contributed by atoms with Crippen molar-refractivity contribution in [3.63, 3.8) is 0 Å². The number of piperidine rings is 1. The van der Waals surface area contributed by atoms with Crippen LogP contribution in [0.1, 0.15) is 52.1 Å². The summed E-state index contributed by atoms with van der Waals surface area (Å²) in [6.07, 6.45) is 5.68. The largest absolute Gasteiger partial charge is 0.355 e. The number of aryl methyl sites for hydroxylation is 3. The molecule has 3 heterocycles. The van der Waals surface area contributed by atoms with Crippen LogP contribution in [0.3, 0.4) is 0 Å². The van der Waals surface area contributed by atoms with E-state index in [9.17, 15) is 13.2 Å². The van der Waals surface area contributed by atoms with E-state index in [1.165, 1.54) is 15.4 Å². The van der Waals surface area contributed by atoms with E-state index in [2.05, 4.69) is 17.3 Å². The minimum absolute atomic E-state index is 0.0338. The Morgan fingerprint density at radius 3 is 2.65 bits per heavy atom. The molecule has 2 aliphatic heterocycles. The van der Waals surface area contributed by atoms with Gasteiger partial charge in [-0.05, 0) is 68.4 Å². The summed E-state index contributed by atoms with van der Waals surface area (Å²) >= 11 is 0. The quantitative estimate of drug-likeness (QED) is 0.486. The highest BCUT2D eigenvalue weighted by molar-refractivity contribution is 7.89. The fourth-order valence-corrected chi connectivity index (χ4v) is 7.11. The van der Waals surface area contributed by atoms with Crippen molar-refractivity contribution in [2.45, 2.75) is 51.5 Å². The Balaban J connectivity index is 1.35. The first-order valence-corrected chi connectivity index (χ1v) is 14.3. The topological polar surface area (TPSA) is 83.7 Å². The zero-order chi connectivity index (χ0) is 26.2. The number of rotatable bonds is 5. The molecule has 0 aliphatic carbocycles. The molecule has 1 atom stereocenters. The summed E-state index contributed by atoms with van der Waals surface area (Å²) in [6, 6.07) is 14.3. The Bertz CT molecular complexity index is 1460. The third-order valence-electron chi connectivity index (χ3n) is 7.46. The van der Waals surface area contributed by atoms with Crippen LogP contribution in [0.5, 0.6) is 0 Å². The van der Waals surface area contributed by atoms with Gasteiger partial charge in [0.15, 0.2) is 10.7 Å². The molecule has 2 aliphatic rings. The number of amides is 1. The van der Waals surface area contributed by atoms with Crippen molar-refractivity contribution >= 4 is 28.1 Å². The van der Waals surface area contributed by atoms with Gasteiger partial charge in [-0.3, -0.25) is 4.79 Å². The van der Waals surface area contributed by atoms with E-state index in [4.69, 9.17) is 4.52 Å². The van der Waals surface area contributed by atoms with E-state index in [1.54, 1.807) is 13.0 Å². The number of carbonyl (C=O) groups excluding carboxylic acids is 1. The minimum atomic E-state index is -3.89. The number of carbonyl (C=O) groups is 1. The summed E-state index contributed by atoms with van der Waals surface area (Å²) in [5, 5.41) is 3.97. The summed E-state index contributed by atoms with van der Waals surface area (Å²) in [5.41, 5.74) is 5.96. The lowest BCUT2D eigenvalue weighted by molar-refractivity contribution is -0.137. The van der Waals surface area contributed by atoms with Crippen LogP contribution in [0.15, 0.2) is 51.9 Å². The monoisotopic (exact) mass is 519 g/mol. The number of nitrogens with zero attached hydrogens (tertiary/aromatic N) is 3. The molecule has 5 rings (SSSR count). The van der Waals surface area contributed by atoms with Gasteiger partial charge in [0, 0.05) is 26.2 Å². The van der Waals surface area contributed by atoms with Gasteiger partial charge in [-0.1, -0.05) is 59.3 Å². The molecule has 3 aromatic rings. The van der Waals surface area contributed by atoms with E-state index >= 15 is 0 Å². The molecule has 0 spiro atoms. The van der Waals surface area contributed by atoms with Gasteiger partial charge in [0.2, 0.25) is 15.9 Å². The fourth-order valence-electron chi connectivity index (χ4n) is 5.34. The zero-order valence-corrected chi connectivity index (χ0v) is 22.4. The van der Waals surface area contributed by atoms with Gasteiger partial charge in [0.25, 0.3) is 0 Å². The lowest BCUT2D eigenvalue weighted by Gasteiger charge is -2.36. The Kier molecular flexibility index (Phi) is 7.05. The number of fused-ring (bicyclic) bond motifs is 1. The van der Waals surface area contributed by atoms with E-state index < -0.39 is 10.0 Å². The normalized spacial score (nSPS) is 18.8. The van der Waals surface area contributed by atoms with Gasteiger partial charge in [0.05, 0.1) is 5.92 Å². The molecule has 0 unspecified atom stereocenters. The second-order valence-corrected chi connectivity index (χ2v) is 12.0. The molecule has 8 heteroatoms. The molecule has 2 aromatic carbocycles. The molecule has 1 saturated heterocycles.